The second-order valence-corrected chi connectivity index (χ2v) is 8.85. The van der Waals surface area contributed by atoms with E-state index in [0.717, 1.165) is 30.8 Å². The molecule has 1 aromatic heterocycles. The number of piperazine rings is 1. The monoisotopic (exact) mass is 425 g/mol. The number of hydrogen-bond donors (Lipinski definition) is 0. The summed E-state index contributed by atoms with van der Waals surface area (Å²) in [5, 5.41) is 0. The van der Waals surface area contributed by atoms with E-state index in [-0.39, 0.29) is 11.6 Å². The number of ketones is 2. The van der Waals surface area contributed by atoms with Crippen LogP contribution in [0.4, 0.5) is 0 Å². The summed E-state index contributed by atoms with van der Waals surface area (Å²) >= 11 is 0. The third-order valence-electron chi connectivity index (χ3n) is 6.90. The Kier molecular flexibility index (Phi) is 5.24. The molecule has 0 N–H and O–H groups in total. The molecule has 2 aromatic carbocycles. The lowest BCUT2D eigenvalue weighted by molar-refractivity contribution is 0.0279. The summed E-state index contributed by atoms with van der Waals surface area (Å²) in [5.74, 6) is -0.194. The number of hydrogen-bond acceptors (Lipinski definition) is 5. The van der Waals surface area contributed by atoms with Gasteiger partial charge in [0, 0.05) is 56.2 Å². The summed E-state index contributed by atoms with van der Waals surface area (Å²) in [7, 11) is 0. The molecule has 2 aliphatic rings. The van der Waals surface area contributed by atoms with Gasteiger partial charge >= 0.3 is 0 Å². The zero-order valence-electron chi connectivity index (χ0n) is 18.5. The third kappa shape index (κ3) is 3.20. The third-order valence-corrected chi connectivity index (χ3v) is 6.90. The van der Waals surface area contributed by atoms with Gasteiger partial charge in [-0.2, -0.15) is 0 Å². The van der Waals surface area contributed by atoms with Crippen LogP contribution in [0.1, 0.15) is 43.0 Å². The Morgan fingerprint density at radius 3 is 2.19 bits per heavy atom. The van der Waals surface area contributed by atoms with Crippen molar-refractivity contribution in [3.63, 3.8) is 0 Å². The van der Waals surface area contributed by atoms with Crippen molar-refractivity contribution in [3.05, 3.63) is 100 Å². The average molecular weight is 426 g/mol. The second kappa shape index (κ2) is 8.08. The van der Waals surface area contributed by atoms with Crippen molar-refractivity contribution >= 4 is 11.6 Å². The van der Waals surface area contributed by atoms with Gasteiger partial charge in [0.2, 0.25) is 0 Å². The van der Waals surface area contributed by atoms with Gasteiger partial charge in [-0.3, -0.25) is 24.4 Å². The number of fused-ring (bicyclic) bond motifs is 1. The fourth-order valence-corrected chi connectivity index (χ4v) is 5.12. The predicted molar refractivity (Wildman–Crippen MR) is 124 cm³/mol. The van der Waals surface area contributed by atoms with E-state index in [1.165, 1.54) is 11.1 Å². The lowest BCUT2D eigenvalue weighted by Gasteiger charge is -2.44. The quantitative estimate of drug-likeness (QED) is 0.596. The van der Waals surface area contributed by atoms with Crippen LogP contribution in [0.15, 0.2) is 67.0 Å². The average Bonchev–Trinajstić information content (AvgIpc) is 3.04. The topological polar surface area (TPSA) is 53.5 Å². The Morgan fingerprint density at radius 1 is 0.875 bits per heavy atom. The minimum absolute atomic E-state index is 0.0970. The van der Waals surface area contributed by atoms with Crippen LogP contribution in [0.3, 0.4) is 0 Å². The maximum atomic E-state index is 13.9. The first-order valence-electron chi connectivity index (χ1n) is 11.1. The number of Topliss-reactive ketones (excluding diaryl/α,β-unsaturated/α-hetero) is 2. The van der Waals surface area contributed by atoms with E-state index in [2.05, 4.69) is 21.7 Å². The number of rotatable bonds is 4. The number of pyridine rings is 1. The molecule has 0 atom stereocenters. The Hall–Kier alpha value is -3.15. The van der Waals surface area contributed by atoms with Gasteiger partial charge in [-0.15, -0.1) is 0 Å². The molecule has 5 rings (SSSR count). The highest BCUT2D eigenvalue weighted by atomic mass is 16.2. The van der Waals surface area contributed by atoms with Crippen molar-refractivity contribution in [3.8, 4) is 0 Å². The molecule has 1 aliphatic carbocycles. The highest BCUT2D eigenvalue weighted by molar-refractivity contribution is 6.32. The van der Waals surface area contributed by atoms with Crippen molar-refractivity contribution in [1.29, 1.82) is 0 Å². The van der Waals surface area contributed by atoms with Crippen LogP contribution in [0, 0.1) is 13.8 Å². The minimum atomic E-state index is -1.27. The molecule has 0 amide bonds. The van der Waals surface area contributed by atoms with Gasteiger partial charge in [-0.1, -0.05) is 54.1 Å². The predicted octanol–water partition coefficient (Wildman–Crippen LogP) is 3.79. The standard InChI is InChI=1S/C27H27N3O2/c1-19-6-5-7-22(16-19)27(25(31)23-8-3-4-9-24(23)26(27)32)30-14-12-29(13-15-30)18-21-17-28-11-10-20(21)2/h3-11,16-17H,12-15,18H2,1-2H3. The molecule has 1 saturated heterocycles. The highest BCUT2D eigenvalue weighted by Gasteiger charge is 2.58. The van der Waals surface area contributed by atoms with Crippen LogP contribution >= 0.6 is 0 Å². The maximum absolute atomic E-state index is 13.9. The molecule has 32 heavy (non-hydrogen) atoms. The fourth-order valence-electron chi connectivity index (χ4n) is 5.12. The Bertz CT molecular complexity index is 1160. The number of carbonyl (C=O) groups is 2. The fraction of sp³-hybridized carbons (Fsp3) is 0.296. The van der Waals surface area contributed by atoms with E-state index in [1.54, 1.807) is 12.1 Å². The Balaban J connectivity index is 1.48. The number of aromatic nitrogens is 1. The first-order chi connectivity index (χ1) is 15.5. The van der Waals surface area contributed by atoms with Crippen molar-refractivity contribution in [1.82, 2.24) is 14.8 Å². The largest absolute Gasteiger partial charge is 0.296 e. The maximum Gasteiger partial charge on any atom is 0.196 e. The Labute approximate surface area is 188 Å². The molecule has 5 nitrogen and oxygen atoms in total. The first-order valence-corrected chi connectivity index (χ1v) is 11.1. The molecule has 2 heterocycles. The molecule has 3 aromatic rings. The molecule has 162 valence electrons. The van der Waals surface area contributed by atoms with E-state index in [1.807, 2.05) is 61.8 Å². The molecular weight excluding hydrogens is 398 g/mol. The molecule has 0 spiro atoms. The van der Waals surface area contributed by atoms with Crippen LogP contribution in [-0.4, -0.2) is 52.5 Å². The van der Waals surface area contributed by atoms with Crippen molar-refractivity contribution in [2.75, 3.05) is 26.2 Å². The molecule has 0 bridgehead atoms. The van der Waals surface area contributed by atoms with Crippen LogP contribution in [0.25, 0.3) is 0 Å². The summed E-state index contributed by atoms with van der Waals surface area (Å²) in [6, 6.07) is 17.1. The first kappa shape index (κ1) is 20.7. The van der Waals surface area contributed by atoms with Crippen LogP contribution in [-0.2, 0) is 12.1 Å². The van der Waals surface area contributed by atoms with Gasteiger partial charge < -0.3 is 0 Å². The molecule has 1 fully saturated rings. The van der Waals surface area contributed by atoms with E-state index in [9.17, 15) is 9.59 Å². The number of nitrogens with zero attached hydrogens (tertiary/aromatic N) is 3. The summed E-state index contributed by atoms with van der Waals surface area (Å²) in [6.07, 6.45) is 3.74. The number of carbonyl (C=O) groups excluding carboxylic acids is 2. The zero-order valence-corrected chi connectivity index (χ0v) is 18.5. The summed E-state index contributed by atoms with van der Waals surface area (Å²) < 4.78 is 0. The SMILES string of the molecule is Cc1cccc(C2(N3CCN(Cc4cnccc4C)CC3)C(=O)c3ccccc3C2=O)c1. The van der Waals surface area contributed by atoms with Gasteiger partial charge in [0.1, 0.15) is 0 Å². The van der Waals surface area contributed by atoms with E-state index < -0.39 is 5.54 Å². The van der Waals surface area contributed by atoms with Gasteiger partial charge in [-0.25, -0.2) is 0 Å². The zero-order chi connectivity index (χ0) is 22.3. The van der Waals surface area contributed by atoms with E-state index >= 15 is 0 Å². The van der Waals surface area contributed by atoms with Crippen molar-refractivity contribution in [2.24, 2.45) is 0 Å². The molecule has 5 heteroatoms. The van der Waals surface area contributed by atoms with Crippen molar-refractivity contribution in [2.45, 2.75) is 25.9 Å². The Morgan fingerprint density at radius 2 is 1.56 bits per heavy atom. The van der Waals surface area contributed by atoms with Gasteiger partial charge in [0.25, 0.3) is 0 Å². The smallest absolute Gasteiger partial charge is 0.196 e. The molecule has 0 saturated carbocycles. The molecule has 0 radical (unpaired) electrons. The second-order valence-electron chi connectivity index (χ2n) is 8.85. The van der Waals surface area contributed by atoms with Gasteiger partial charge in [-0.05, 0) is 36.6 Å². The summed E-state index contributed by atoms with van der Waals surface area (Å²) in [6.45, 7) is 7.82. The normalized spacial score (nSPS) is 18.7. The van der Waals surface area contributed by atoms with Crippen LogP contribution < -0.4 is 0 Å². The number of benzene rings is 2. The van der Waals surface area contributed by atoms with Crippen LogP contribution in [0.2, 0.25) is 0 Å². The van der Waals surface area contributed by atoms with E-state index in [4.69, 9.17) is 0 Å². The minimum Gasteiger partial charge on any atom is -0.296 e. The van der Waals surface area contributed by atoms with Crippen molar-refractivity contribution < 1.29 is 9.59 Å². The van der Waals surface area contributed by atoms with Gasteiger partial charge in [0.15, 0.2) is 17.1 Å². The van der Waals surface area contributed by atoms with Crippen LogP contribution in [0.5, 0.6) is 0 Å². The lowest BCUT2D eigenvalue weighted by atomic mass is 9.82. The highest BCUT2D eigenvalue weighted by Crippen LogP contribution is 2.43. The van der Waals surface area contributed by atoms with Gasteiger partial charge in [0.05, 0.1) is 0 Å². The molecule has 0 unspecified atom stereocenters. The summed E-state index contributed by atoms with van der Waals surface area (Å²) in [4.78, 5) is 36.5. The summed E-state index contributed by atoms with van der Waals surface area (Å²) in [5.41, 5.74) is 4.07. The number of aryl methyl sites for hydroxylation is 2. The lowest BCUT2D eigenvalue weighted by Crippen LogP contribution is -2.60. The molecule has 1 aliphatic heterocycles. The molecular formula is C27H27N3O2. The van der Waals surface area contributed by atoms with E-state index in [0.29, 0.717) is 24.2 Å².